The summed E-state index contributed by atoms with van der Waals surface area (Å²) in [4.78, 5) is 30.4. The van der Waals surface area contributed by atoms with Gasteiger partial charge in [-0.25, -0.2) is 4.98 Å². The number of halogens is 1. The van der Waals surface area contributed by atoms with Gasteiger partial charge in [-0.3, -0.25) is 14.5 Å². The van der Waals surface area contributed by atoms with Crippen molar-refractivity contribution in [1.29, 1.82) is 0 Å². The maximum atomic E-state index is 12.7. The van der Waals surface area contributed by atoms with Crippen molar-refractivity contribution in [2.24, 2.45) is 0 Å². The predicted molar refractivity (Wildman–Crippen MR) is 110 cm³/mol. The van der Waals surface area contributed by atoms with Gasteiger partial charge in [-0.15, -0.1) is 11.3 Å². The summed E-state index contributed by atoms with van der Waals surface area (Å²) in [7, 11) is 1.65. The molecule has 2 aromatic carbocycles. The van der Waals surface area contributed by atoms with Crippen molar-refractivity contribution in [1.82, 2.24) is 4.98 Å². The van der Waals surface area contributed by atoms with E-state index in [0.29, 0.717) is 22.1 Å². The van der Waals surface area contributed by atoms with Crippen molar-refractivity contribution in [2.45, 2.75) is 0 Å². The van der Waals surface area contributed by atoms with Crippen LogP contribution in [0.5, 0.6) is 5.75 Å². The van der Waals surface area contributed by atoms with Gasteiger partial charge >= 0.3 is 0 Å². The number of rotatable bonds is 6. The van der Waals surface area contributed by atoms with Crippen LogP contribution in [0.25, 0.3) is 0 Å². The highest BCUT2D eigenvalue weighted by atomic mass is 79.9. The molecule has 0 saturated heterocycles. The molecular weight excluding hydrogens is 430 g/mol. The number of hydrogen-bond donors (Lipinski definition) is 1. The molecule has 0 aliphatic carbocycles. The highest BCUT2D eigenvalue weighted by Gasteiger charge is 2.19. The van der Waals surface area contributed by atoms with Crippen LogP contribution in [0, 0.1) is 0 Å². The average Bonchev–Trinajstić information content (AvgIpc) is 3.22. The summed E-state index contributed by atoms with van der Waals surface area (Å²) in [6.45, 7) is -0.207. The van der Waals surface area contributed by atoms with E-state index in [1.54, 1.807) is 55.0 Å². The van der Waals surface area contributed by atoms with Crippen LogP contribution in [-0.2, 0) is 4.79 Å². The summed E-state index contributed by atoms with van der Waals surface area (Å²) in [6.07, 6.45) is 1.64. The Bertz CT molecular complexity index is 930. The number of anilines is 2. The molecule has 0 unspecified atom stereocenters. The number of benzene rings is 2. The lowest BCUT2D eigenvalue weighted by Crippen LogP contribution is -2.27. The molecule has 0 aliphatic rings. The summed E-state index contributed by atoms with van der Waals surface area (Å²) in [6, 6.07) is 14.0. The molecule has 0 saturated carbocycles. The zero-order valence-corrected chi connectivity index (χ0v) is 16.8. The zero-order valence-electron chi connectivity index (χ0n) is 14.4. The van der Waals surface area contributed by atoms with Crippen molar-refractivity contribution in [3.63, 3.8) is 0 Å². The number of hydrogen-bond acceptors (Lipinski definition) is 5. The summed E-state index contributed by atoms with van der Waals surface area (Å²) in [5, 5.41) is 5.13. The topological polar surface area (TPSA) is 71.5 Å². The first kappa shape index (κ1) is 19.1. The summed E-state index contributed by atoms with van der Waals surface area (Å²) >= 11 is 4.71. The first-order valence-corrected chi connectivity index (χ1v) is 9.66. The monoisotopic (exact) mass is 445 g/mol. The van der Waals surface area contributed by atoms with Crippen LogP contribution in [0.4, 0.5) is 10.8 Å². The van der Waals surface area contributed by atoms with Crippen molar-refractivity contribution >= 4 is 49.9 Å². The molecule has 1 heterocycles. The van der Waals surface area contributed by atoms with E-state index in [0.717, 1.165) is 4.47 Å². The highest BCUT2D eigenvalue weighted by Crippen LogP contribution is 2.24. The summed E-state index contributed by atoms with van der Waals surface area (Å²) in [5.41, 5.74) is 1.03. The van der Waals surface area contributed by atoms with Crippen LogP contribution in [-0.4, -0.2) is 30.5 Å². The number of thiazole rings is 1. The molecule has 0 aliphatic heterocycles. The second-order valence-corrected chi connectivity index (χ2v) is 7.31. The number of amides is 2. The Morgan fingerprint density at radius 3 is 2.63 bits per heavy atom. The normalized spacial score (nSPS) is 10.3. The standard InChI is InChI=1S/C19H16BrN3O3S/c1-23(19-21-10-11-27-19)18(25)15-4-2-3-5-16(15)26-12-17(24)22-14-8-6-13(20)7-9-14/h2-11H,12H2,1H3,(H,22,24). The number of nitrogens with one attached hydrogen (secondary N) is 1. The molecule has 1 N–H and O–H groups in total. The van der Waals surface area contributed by atoms with Gasteiger partial charge in [0.05, 0.1) is 5.56 Å². The van der Waals surface area contributed by atoms with Crippen molar-refractivity contribution in [3.05, 3.63) is 70.1 Å². The minimum Gasteiger partial charge on any atom is -0.483 e. The Morgan fingerprint density at radius 1 is 1.19 bits per heavy atom. The fraction of sp³-hybridized carbons (Fsp3) is 0.105. The van der Waals surface area contributed by atoms with Gasteiger partial charge in [0.1, 0.15) is 5.75 Å². The van der Waals surface area contributed by atoms with Gasteiger partial charge in [0, 0.05) is 28.8 Å². The quantitative estimate of drug-likeness (QED) is 0.616. The van der Waals surface area contributed by atoms with E-state index in [4.69, 9.17) is 4.74 Å². The molecule has 1 aromatic heterocycles. The number of aromatic nitrogens is 1. The molecule has 27 heavy (non-hydrogen) atoms. The largest absolute Gasteiger partial charge is 0.483 e. The number of carbonyl (C=O) groups is 2. The first-order valence-electron chi connectivity index (χ1n) is 7.99. The maximum absolute atomic E-state index is 12.7. The molecule has 0 bridgehead atoms. The van der Waals surface area contributed by atoms with E-state index in [1.807, 2.05) is 12.1 Å². The van der Waals surface area contributed by atoms with E-state index in [-0.39, 0.29) is 18.4 Å². The number of para-hydroxylation sites is 1. The van der Waals surface area contributed by atoms with Crippen LogP contribution in [0.3, 0.4) is 0 Å². The third-order valence-corrected chi connectivity index (χ3v) is 4.99. The first-order chi connectivity index (χ1) is 13.0. The lowest BCUT2D eigenvalue weighted by atomic mass is 10.2. The zero-order chi connectivity index (χ0) is 19.2. The number of nitrogens with zero attached hydrogens (tertiary/aromatic N) is 2. The van der Waals surface area contributed by atoms with Gasteiger partial charge in [0.2, 0.25) is 0 Å². The fourth-order valence-corrected chi connectivity index (χ4v) is 3.16. The van der Waals surface area contributed by atoms with Crippen LogP contribution in [0.2, 0.25) is 0 Å². The van der Waals surface area contributed by atoms with E-state index < -0.39 is 0 Å². The Kier molecular flexibility index (Phi) is 6.20. The van der Waals surface area contributed by atoms with Gasteiger partial charge in [0.25, 0.3) is 11.8 Å². The lowest BCUT2D eigenvalue weighted by molar-refractivity contribution is -0.118. The Hall–Kier alpha value is -2.71. The third kappa shape index (κ3) is 4.93. The molecule has 0 spiro atoms. The number of ether oxygens (including phenoxy) is 1. The van der Waals surface area contributed by atoms with Gasteiger partial charge < -0.3 is 10.1 Å². The van der Waals surface area contributed by atoms with E-state index in [1.165, 1.54) is 16.2 Å². The van der Waals surface area contributed by atoms with Gasteiger partial charge in [-0.1, -0.05) is 28.1 Å². The molecular formula is C19H16BrN3O3S. The van der Waals surface area contributed by atoms with Gasteiger partial charge in [-0.2, -0.15) is 0 Å². The lowest BCUT2D eigenvalue weighted by Gasteiger charge is -2.16. The highest BCUT2D eigenvalue weighted by molar-refractivity contribution is 9.10. The molecule has 3 rings (SSSR count). The van der Waals surface area contributed by atoms with Crippen molar-refractivity contribution < 1.29 is 14.3 Å². The van der Waals surface area contributed by atoms with E-state index >= 15 is 0 Å². The van der Waals surface area contributed by atoms with Crippen LogP contribution >= 0.6 is 27.3 Å². The molecule has 2 amide bonds. The number of carbonyl (C=O) groups excluding carboxylic acids is 2. The van der Waals surface area contributed by atoms with Crippen LogP contribution in [0.15, 0.2) is 64.6 Å². The molecule has 8 heteroatoms. The minimum absolute atomic E-state index is 0.207. The third-order valence-electron chi connectivity index (χ3n) is 3.62. The maximum Gasteiger partial charge on any atom is 0.263 e. The average molecular weight is 446 g/mol. The smallest absolute Gasteiger partial charge is 0.263 e. The van der Waals surface area contributed by atoms with Gasteiger partial charge in [0.15, 0.2) is 11.7 Å². The SMILES string of the molecule is CN(C(=O)c1ccccc1OCC(=O)Nc1ccc(Br)cc1)c1nccs1. The minimum atomic E-state index is -0.312. The second kappa shape index (κ2) is 8.79. The summed E-state index contributed by atoms with van der Waals surface area (Å²) < 4.78 is 6.52. The molecule has 0 radical (unpaired) electrons. The van der Waals surface area contributed by atoms with E-state index in [2.05, 4.69) is 26.2 Å². The van der Waals surface area contributed by atoms with Crippen molar-refractivity contribution in [2.75, 3.05) is 23.9 Å². The molecule has 138 valence electrons. The molecule has 0 fully saturated rings. The second-order valence-electron chi connectivity index (χ2n) is 5.52. The van der Waals surface area contributed by atoms with Crippen LogP contribution < -0.4 is 15.0 Å². The Labute approximate surface area is 168 Å². The molecule has 0 atom stereocenters. The summed E-state index contributed by atoms with van der Waals surface area (Å²) in [5.74, 6) is -0.224. The molecule has 3 aromatic rings. The Balaban J connectivity index is 1.66. The Morgan fingerprint density at radius 2 is 1.93 bits per heavy atom. The van der Waals surface area contributed by atoms with Gasteiger partial charge in [-0.05, 0) is 36.4 Å². The van der Waals surface area contributed by atoms with Crippen LogP contribution in [0.1, 0.15) is 10.4 Å². The fourth-order valence-electron chi connectivity index (χ4n) is 2.29. The van der Waals surface area contributed by atoms with E-state index in [9.17, 15) is 9.59 Å². The molecule has 6 nitrogen and oxygen atoms in total. The predicted octanol–water partition coefficient (Wildman–Crippen LogP) is 4.20. The van der Waals surface area contributed by atoms with Crippen molar-refractivity contribution in [3.8, 4) is 5.75 Å².